The second kappa shape index (κ2) is 6.81. The van der Waals surface area contributed by atoms with Crippen molar-refractivity contribution < 1.29 is 9.53 Å². The molecule has 0 fully saturated rings. The van der Waals surface area contributed by atoms with Crippen LogP contribution in [0.1, 0.15) is 26.3 Å². The molecule has 18 heavy (non-hydrogen) atoms. The van der Waals surface area contributed by atoms with Crippen molar-refractivity contribution in [2.45, 2.75) is 37.8 Å². The highest BCUT2D eigenvalue weighted by Crippen LogP contribution is 2.19. The Morgan fingerprint density at radius 1 is 1.28 bits per heavy atom. The van der Waals surface area contributed by atoms with Crippen LogP contribution >= 0.6 is 11.8 Å². The third kappa shape index (κ3) is 6.07. The molecule has 0 heterocycles. The van der Waals surface area contributed by atoms with Crippen molar-refractivity contribution in [2.75, 3.05) is 12.8 Å². The van der Waals surface area contributed by atoms with E-state index in [0.29, 0.717) is 5.75 Å². The normalized spacial score (nSPS) is 11.3. The number of ether oxygens (including phenoxy) is 1. The van der Waals surface area contributed by atoms with Crippen LogP contribution < -0.4 is 5.32 Å². The van der Waals surface area contributed by atoms with Crippen LogP contribution in [0.5, 0.6) is 0 Å². The van der Waals surface area contributed by atoms with E-state index >= 15 is 0 Å². The molecule has 0 saturated heterocycles. The van der Waals surface area contributed by atoms with Gasteiger partial charge in [0.25, 0.3) is 0 Å². The summed E-state index contributed by atoms with van der Waals surface area (Å²) in [7, 11) is 1.92. The quantitative estimate of drug-likeness (QED) is 0.657. The minimum Gasteiger partial charge on any atom is -0.459 e. The maximum atomic E-state index is 11.5. The lowest BCUT2D eigenvalue weighted by Gasteiger charge is -2.19. The molecule has 0 aromatic heterocycles. The number of carbonyl (C=O) groups is 1. The van der Waals surface area contributed by atoms with E-state index in [2.05, 4.69) is 17.4 Å². The molecule has 1 aromatic carbocycles. The molecule has 4 heteroatoms. The number of esters is 1. The summed E-state index contributed by atoms with van der Waals surface area (Å²) in [6, 6.07) is 8.19. The lowest BCUT2D eigenvalue weighted by molar-refractivity contribution is -0.151. The van der Waals surface area contributed by atoms with Gasteiger partial charge in [-0.15, -0.1) is 11.8 Å². The number of nitrogens with one attached hydrogen (secondary N) is 1. The molecule has 1 aromatic rings. The topological polar surface area (TPSA) is 38.3 Å². The Balaban J connectivity index is 2.41. The van der Waals surface area contributed by atoms with Crippen LogP contribution in [0.3, 0.4) is 0 Å². The fourth-order valence-corrected chi connectivity index (χ4v) is 2.09. The number of carbonyl (C=O) groups excluding carboxylic acids is 1. The van der Waals surface area contributed by atoms with Gasteiger partial charge in [-0.25, -0.2) is 0 Å². The Hall–Kier alpha value is -1.00. The van der Waals surface area contributed by atoms with Crippen molar-refractivity contribution in [3.63, 3.8) is 0 Å². The van der Waals surface area contributed by atoms with Crippen molar-refractivity contribution in [1.82, 2.24) is 5.32 Å². The summed E-state index contributed by atoms with van der Waals surface area (Å²) < 4.78 is 5.25. The first-order valence-electron chi connectivity index (χ1n) is 5.99. The van der Waals surface area contributed by atoms with Crippen LogP contribution in [-0.4, -0.2) is 24.4 Å². The van der Waals surface area contributed by atoms with Gasteiger partial charge in [0, 0.05) is 11.4 Å². The molecule has 100 valence electrons. The molecule has 0 bridgehead atoms. The van der Waals surface area contributed by atoms with Gasteiger partial charge >= 0.3 is 5.97 Å². The predicted molar refractivity (Wildman–Crippen MR) is 75.8 cm³/mol. The third-order valence-electron chi connectivity index (χ3n) is 2.08. The molecule has 0 amide bonds. The number of benzene rings is 1. The predicted octanol–water partition coefficient (Wildman–Crippen LogP) is 2.84. The van der Waals surface area contributed by atoms with Gasteiger partial charge in [-0.05, 0) is 45.5 Å². The minimum absolute atomic E-state index is 0.174. The van der Waals surface area contributed by atoms with E-state index in [1.165, 1.54) is 17.3 Å². The number of hydrogen-bond acceptors (Lipinski definition) is 4. The molecule has 0 aliphatic carbocycles. The molecule has 0 radical (unpaired) electrons. The molecule has 0 saturated carbocycles. The summed E-state index contributed by atoms with van der Waals surface area (Å²) in [6.45, 7) is 6.49. The van der Waals surface area contributed by atoms with Gasteiger partial charge in [-0.2, -0.15) is 0 Å². The maximum Gasteiger partial charge on any atom is 0.316 e. The van der Waals surface area contributed by atoms with Gasteiger partial charge < -0.3 is 10.1 Å². The van der Waals surface area contributed by atoms with E-state index in [1.54, 1.807) is 0 Å². The number of thioether (sulfide) groups is 1. The van der Waals surface area contributed by atoms with E-state index in [9.17, 15) is 4.79 Å². The monoisotopic (exact) mass is 267 g/mol. The van der Waals surface area contributed by atoms with Crippen molar-refractivity contribution in [1.29, 1.82) is 0 Å². The van der Waals surface area contributed by atoms with Gasteiger partial charge in [0.1, 0.15) is 5.60 Å². The van der Waals surface area contributed by atoms with Crippen molar-refractivity contribution in [2.24, 2.45) is 0 Å². The van der Waals surface area contributed by atoms with Crippen LogP contribution in [0, 0.1) is 0 Å². The van der Waals surface area contributed by atoms with Gasteiger partial charge in [-0.1, -0.05) is 12.1 Å². The molecule has 0 spiro atoms. The molecule has 0 aliphatic heterocycles. The van der Waals surface area contributed by atoms with Crippen molar-refractivity contribution in [3.05, 3.63) is 29.8 Å². The Bertz CT molecular complexity index is 382. The summed E-state index contributed by atoms with van der Waals surface area (Å²) in [4.78, 5) is 12.6. The second-order valence-electron chi connectivity index (χ2n) is 5.05. The fraction of sp³-hybridized carbons (Fsp3) is 0.500. The molecule has 0 atom stereocenters. The first-order valence-corrected chi connectivity index (χ1v) is 6.97. The average Bonchev–Trinajstić information content (AvgIpc) is 2.26. The van der Waals surface area contributed by atoms with Crippen LogP contribution in [0.25, 0.3) is 0 Å². The molecular weight excluding hydrogens is 246 g/mol. The minimum atomic E-state index is -0.408. The summed E-state index contributed by atoms with van der Waals surface area (Å²) >= 11 is 1.50. The summed E-state index contributed by atoms with van der Waals surface area (Å²) in [6.07, 6.45) is 0. The average molecular weight is 267 g/mol. The van der Waals surface area contributed by atoms with Crippen LogP contribution in [0.15, 0.2) is 29.2 Å². The van der Waals surface area contributed by atoms with Gasteiger partial charge in [0.15, 0.2) is 0 Å². The van der Waals surface area contributed by atoms with Gasteiger partial charge in [0.05, 0.1) is 5.75 Å². The van der Waals surface area contributed by atoms with Crippen molar-refractivity contribution >= 4 is 17.7 Å². The van der Waals surface area contributed by atoms with E-state index in [-0.39, 0.29) is 5.97 Å². The van der Waals surface area contributed by atoms with Crippen LogP contribution in [0.4, 0.5) is 0 Å². The largest absolute Gasteiger partial charge is 0.459 e. The van der Waals surface area contributed by atoms with Gasteiger partial charge in [0.2, 0.25) is 0 Å². The Labute approximate surface area is 113 Å². The molecule has 0 aliphatic rings. The zero-order valence-corrected chi connectivity index (χ0v) is 12.3. The third-order valence-corrected chi connectivity index (χ3v) is 3.07. The van der Waals surface area contributed by atoms with Crippen LogP contribution in [0.2, 0.25) is 0 Å². The zero-order chi connectivity index (χ0) is 13.6. The highest BCUT2D eigenvalue weighted by molar-refractivity contribution is 8.00. The molecule has 0 unspecified atom stereocenters. The maximum absolute atomic E-state index is 11.5. The van der Waals surface area contributed by atoms with Crippen LogP contribution in [-0.2, 0) is 16.1 Å². The highest BCUT2D eigenvalue weighted by Gasteiger charge is 2.16. The number of hydrogen-bond donors (Lipinski definition) is 1. The smallest absolute Gasteiger partial charge is 0.316 e. The van der Waals surface area contributed by atoms with E-state index in [1.807, 2.05) is 40.0 Å². The lowest BCUT2D eigenvalue weighted by atomic mass is 10.2. The summed E-state index contributed by atoms with van der Waals surface area (Å²) in [5.74, 6) is 0.176. The molecular formula is C14H21NO2S. The highest BCUT2D eigenvalue weighted by atomic mass is 32.2. The zero-order valence-electron chi connectivity index (χ0n) is 11.4. The van der Waals surface area contributed by atoms with E-state index < -0.39 is 5.60 Å². The lowest BCUT2D eigenvalue weighted by Crippen LogP contribution is -2.24. The van der Waals surface area contributed by atoms with Crippen molar-refractivity contribution in [3.8, 4) is 0 Å². The molecule has 3 nitrogen and oxygen atoms in total. The Kier molecular flexibility index (Phi) is 5.69. The Morgan fingerprint density at radius 2 is 1.89 bits per heavy atom. The Morgan fingerprint density at radius 3 is 2.39 bits per heavy atom. The van der Waals surface area contributed by atoms with Gasteiger partial charge in [-0.3, -0.25) is 4.79 Å². The summed E-state index contributed by atoms with van der Waals surface area (Å²) in [5.41, 5.74) is 0.827. The second-order valence-corrected chi connectivity index (χ2v) is 6.10. The van der Waals surface area contributed by atoms with E-state index in [4.69, 9.17) is 4.74 Å². The standard InChI is InChI=1S/C14H21NO2S/c1-14(2,3)17-13(16)10-18-12-7-5-11(6-8-12)9-15-4/h5-8,15H,9-10H2,1-4H3. The number of rotatable bonds is 5. The molecule has 1 rings (SSSR count). The summed E-state index contributed by atoms with van der Waals surface area (Å²) in [5, 5.41) is 3.10. The first kappa shape index (κ1) is 15.1. The SMILES string of the molecule is CNCc1ccc(SCC(=O)OC(C)(C)C)cc1. The van der Waals surface area contributed by atoms with E-state index in [0.717, 1.165) is 11.4 Å². The molecule has 1 N–H and O–H groups in total. The first-order chi connectivity index (χ1) is 8.40. The fourth-order valence-electron chi connectivity index (χ4n) is 1.42.